The number of aryl methyl sites for hydroxylation is 1. The Labute approximate surface area is 183 Å². The zero-order chi connectivity index (χ0) is 21.2. The summed E-state index contributed by atoms with van der Waals surface area (Å²) in [5, 5.41) is 0. The van der Waals surface area contributed by atoms with Crippen molar-refractivity contribution in [2.75, 3.05) is 0 Å². The van der Waals surface area contributed by atoms with Gasteiger partial charge in [-0.3, -0.25) is 0 Å². The van der Waals surface area contributed by atoms with E-state index in [1.54, 1.807) is 6.07 Å². The number of unbranched alkanes of at least 4 members (excludes halogenated alkanes) is 3. The Balaban J connectivity index is 1.29. The van der Waals surface area contributed by atoms with Gasteiger partial charge in [-0.2, -0.15) is 0 Å². The van der Waals surface area contributed by atoms with Crippen LogP contribution in [0.5, 0.6) is 0 Å². The fourth-order valence-corrected chi connectivity index (χ4v) is 5.58. The number of rotatable bonds is 10. The van der Waals surface area contributed by atoms with Crippen molar-refractivity contribution in [1.82, 2.24) is 0 Å². The van der Waals surface area contributed by atoms with Gasteiger partial charge in [-0.25, -0.2) is 8.78 Å². The van der Waals surface area contributed by atoms with Crippen LogP contribution in [-0.2, 0) is 6.42 Å². The van der Waals surface area contributed by atoms with Crippen LogP contribution < -0.4 is 0 Å². The molecule has 0 spiro atoms. The highest BCUT2D eigenvalue weighted by Crippen LogP contribution is 2.35. The highest BCUT2D eigenvalue weighted by atomic mass is 19.2. The van der Waals surface area contributed by atoms with E-state index in [9.17, 15) is 8.78 Å². The zero-order valence-corrected chi connectivity index (χ0v) is 19.1. The van der Waals surface area contributed by atoms with E-state index in [1.165, 1.54) is 95.6 Å². The molecule has 168 valence electrons. The minimum absolute atomic E-state index is 0.716. The maximum absolute atomic E-state index is 13.4. The molecule has 0 amide bonds. The first kappa shape index (κ1) is 23.5. The van der Waals surface area contributed by atoms with E-state index in [4.69, 9.17) is 0 Å². The molecule has 2 fully saturated rings. The number of benzene rings is 1. The number of allylic oxidation sites excluding steroid dienone is 2. The van der Waals surface area contributed by atoms with Crippen molar-refractivity contribution < 1.29 is 8.78 Å². The van der Waals surface area contributed by atoms with Gasteiger partial charge in [-0.1, -0.05) is 57.2 Å². The molecule has 0 N–H and O–H groups in total. The first-order valence-electron chi connectivity index (χ1n) is 12.8. The van der Waals surface area contributed by atoms with Crippen LogP contribution in [0.2, 0.25) is 0 Å². The van der Waals surface area contributed by atoms with Crippen molar-refractivity contribution in [1.29, 1.82) is 0 Å². The molecule has 1 aromatic carbocycles. The summed E-state index contributed by atoms with van der Waals surface area (Å²) in [5.74, 6) is 1.86. The Kier molecular flexibility index (Phi) is 9.88. The molecular weight excluding hydrogens is 374 g/mol. The summed E-state index contributed by atoms with van der Waals surface area (Å²) in [6.07, 6.45) is 25.0. The Hall–Kier alpha value is -1.18. The molecule has 0 radical (unpaired) electrons. The van der Waals surface area contributed by atoms with Crippen LogP contribution in [0.15, 0.2) is 30.4 Å². The van der Waals surface area contributed by atoms with Gasteiger partial charge in [0.25, 0.3) is 0 Å². The van der Waals surface area contributed by atoms with Crippen LogP contribution >= 0.6 is 0 Å². The van der Waals surface area contributed by atoms with Crippen molar-refractivity contribution in [3.05, 3.63) is 47.5 Å². The summed E-state index contributed by atoms with van der Waals surface area (Å²) in [5.41, 5.74) is 0.928. The van der Waals surface area contributed by atoms with E-state index in [1.807, 2.05) is 0 Å². The molecule has 0 unspecified atom stereocenters. The molecule has 2 aliphatic carbocycles. The summed E-state index contributed by atoms with van der Waals surface area (Å²) in [6, 6.07) is 4.35. The molecule has 0 aliphatic heterocycles. The average molecular weight is 417 g/mol. The summed E-state index contributed by atoms with van der Waals surface area (Å²) in [4.78, 5) is 0. The fourth-order valence-electron chi connectivity index (χ4n) is 5.58. The first-order valence-corrected chi connectivity index (χ1v) is 12.8. The molecule has 2 heteroatoms. The molecule has 1 aromatic rings. The molecular formula is C28H42F2. The molecule has 0 nitrogen and oxygen atoms in total. The van der Waals surface area contributed by atoms with Crippen LogP contribution in [0, 0.1) is 35.3 Å². The van der Waals surface area contributed by atoms with Gasteiger partial charge < -0.3 is 0 Å². The SMILES string of the molecule is CCCCCCC1CCC(/C=C/C2CCC(CCc3ccc(F)c(F)c3)CC2)CC1. The largest absolute Gasteiger partial charge is 0.204 e. The topological polar surface area (TPSA) is 0 Å². The van der Waals surface area contributed by atoms with Crippen molar-refractivity contribution in [2.45, 2.75) is 103 Å². The Morgan fingerprint density at radius 2 is 1.33 bits per heavy atom. The average Bonchev–Trinajstić information content (AvgIpc) is 2.77. The summed E-state index contributed by atoms with van der Waals surface area (Å²) in [6.45, 7) is 2.29. The van der Waals surface area contributed by atoms with Gasteiger partial charge in [0.15, 0.2) is 11.6 Å². The van der Waals surface area contributed by atoms with Crippen LogP contribution in [0.25, 0.3) is 0 Å². The predicted octanol–water partition coefficient (Wildman–Crippen LogP) is 9.04. The summed E-state index contributed by atoms with van der Waals surface area (Å²) >= 11 is 0. The summed E-state index contributed by atoms with van der Waals surface area (Å²) in [7, 11) is 0. The maximum atomic E-state index is 13.4. The van der Waals surface area contributed by atoms with E-state index in [2.05, 4.69) is 19.1 Å². The van der Waals surface area contributed by atoms with Crippen molar-refractivity contribution in [3.8, 4) is 0 Å². The zero-order valence-electron chi connectivity index (χ0n) is 19.1. The lowest BCUT2D eigenvalue weighted by molar-refractivity contribution is 0.282. The molecule has 3 rings (SSSR count). The maximum Gasteiger partial charge on any atom is 0.159 e. The minimum atomic E-state index is -0.744. The van der Waals surface area contributed by atoms with Gasteiger partial charge in [0.1, 0.15) is 0 Å². The van der Waals surface area contributed by atoms with Gasteiger partial charge >= 0.3 is 0 Å². The third kappa shape index (κ3) is 7.82. The predicted molar refractivity (Wildman–Crippen MR) is 123 cm³/mol. The molecule has 0 heterocycles. The van der Waals surface area contributed by atoms with Crippen molar-refractivity contribution >= 4 is 0 Å². The molecule has 0 atom stereocenters. The highest BCUT2D eigenvalue weighted by Gasteiger charge is 2.22. The van der Waals surface area contributed by atoms with Gasteiger partial charge in [-0.05, 0) is 106 Å². The van der Waals surface area contributed by atoms with E-state index in [0.29, 0.717) is 0 Å². The second kappa shape index (κ2) is 12.6. The van der Waals surface area contributed by atoms with Gasteiger partial charge in [0.2, 0.25) is 0 Å². The Morgan fingerprint density at radius 1 is 0.733 bits per heavy atom. The van der Waals surface area contributed by atoms with Crippen LogP contribution in [0.1, 0.15) is 102 Å². The molecule has 0 saturated heterocycles. The van der Waals surface area contributed by atoms with Crippen LogP contribution in [0.3, 0.4) is 0 Å². The van der Waals surface area contributed by atoms with Crippen LogP contribution in [0.4, 0.5) is 8.78 Å². The van der Waals surface area contributed by atoms with Gasteiger partial charge in [-0.15, -0.1) is 0 Å². The van der Waals surface area contributed by atoms with Crippen LogP contribution in [-0.4, -0.2) is 0 Å². The Bertz CT molecular complexity index is 634. The number of halogens is 2. The fraction of sp³-hybridized carbons (Fsp3) is 0.714. The normalized spacial score (nSPS) is 27.6. The number of hydrogen-bond donors (Lipinski definition) is 0. The minimum Gasteiger partial charge on any atom is -0.204 e. The van der Waals surface area contributed by atoms with Gasteiger partial charge in [0.05, 0.1) is 0 Å². The van der Waals surface area contributed by atoms with E-state index in [-0.39, 0.29) is 0 Å². The molecule has 2 aliphatic rings. The van der Waals surface area contributed by atoms with E-state index >= 15 is 0 Å². The van der Waals surface area contributed by atoms with E-state index in [0.717, 1.165) is 42.1 Å². The van der Waals surface area contributed by atoms with Gasteiger partial charge in [0, 0.05) is 0 Å². The molecule has 2 saturated carbocycles. The number of hydrogen-bond acceptors (Lipinski definition) is 0. The highest BCUT2D eigenvalue weighted by molar-refractivity contribution is 5.17. The first-order chi connectivity index (χ1) is 14.6. The monoisotopic (exact) mass is 416 g/mol. The van der Waals surface area contributed by atoms with Crippen molar-refractivity contribution in [3.63, 3.8) is 0 Å². The lowest BCUT2D eigenvalue weighted by Gasteiger charge is -2.29. The summed E-state index contributed by atoms with van der Waals surface area (Å²) < 4.78 is 26.4. The second-order valence-corrected chi connectivity index (χ2v) is 10.1. The smallest absolute Gasteiger partial charge is 0.159 e. The van der Waals surface area contributed by atoms with Crippen molar-refractivity contribution in [2.24, 2.45) is 23.7 Å². The second-order valence-electron chi connectivity index (χ2n) is 10.1. The Morgan fingerprint density at radius 3 is 1.90 bits per heavy atom. The third-order valence-electron chi connectivity index (χ3n) is 7.73. The molecule has 0 bridgehead atoms. The molecule has 0 aromatic heterocycles. The lowest BCUT2D eigenvalue weighted by atomic mass is 9.77. The molecule has 30 heavy (non-hydrogen) atoms. The standard InChI is InChI=1S/C28H42F2/c1-2-3-4-5-6-22-7-9-23(10-8-22)11-12-24-13-15-25(16-14-24)17-18-26-19-20-27(29)28(30)21-26/h11-12,19-25H,2-10,13-18H2,1H3/b12-11+. The van der Waals surface area contributed by atoms with E-state index < -0.39 is 11.6 Å². The quantitative estimate of drug-likeness (QED) is 0.263. The third-order valence-corrected chi connectivity index (χ3v) is 7.73. The lowest BCUT2D eigenvalue weighted by Crippen LogP contribution is -2.15.